The molecule has 2 aliphatic heterocycles. The summed E-state index contributed by atoms with van der Waals surface area (Å²) in [4.78, 5) is 17.0. The summed E-state index contributed by atoms with van der Waals surface area (Å²) in [5, 5.41) is 1.33. The van der Waals surface area contributed by atoms with E-state index in [1.807, 2.05) is 11.3 Å². The molecule has 0 radical (unpaired) electrons. The van der Waals surface area contributed by atoms with Crippen molar-refractivity contribution in [3.8, 4) is 0 Å². The molecule has 7 heteroatoms. The van der Waals surface area contributed by atoms with E-state index in [9.17, 15) is 0 Å². The molecule has 4 heterocycles. The molecule has 3 atom stereocenters. The lowest BCUT2D eigenvalue weighted by Crippen LogP contribution is -3.12. The highest BCUT2D eigenvalue weighted by molar-refractivity contribution is 7.19. The minimum absolute atomic E-state index is 0.228. The van der Waals surface area contributed by atoms with Gasteiger partial charge in [-0.25, -0.2) is 9.97 Å². The van der Waals surface area contributed by atoms with E-state index < -0.39 is 0 Å². The van der Waals surface area contributed by atoms with Crippen LogP contribution >= 0.6 is 11.3 Å². The zero-order valence-electron chi connectivity index (χ0n) is 17.9. The number of rotatable bonds is 3. The highest BCUT2D eigenvalue weighted by atomic mass is 32.1. The molecule has 2 fully saturated rings. The number of nitrogens with one attached hydrogen (secondary N) is 1. The van der Waals surface area contributed by atoms with Gasteiger partial charge in [0.25, 0.3) is 0 Å². The van der Waals surface area contributed by atoms with Gasteiger partial charge in [0.05, 0.1) is 30.8 Å². The Hall–Kier alpha value is -1.28. The largest absolute Gasteiger partial charge is 0.372 e. The SMILES string of the molecule is C[C@@H]1CCc2c(sc3nc(C[NH+]4CCOCC4)nc(N4C[C@@H](C)O[C@H](C)C4)c23)C1. The van der Waals surface area contributed by atoms with Crippen LogP contribution in [0.25, 0.3) is 10.2 Å². The number of fused-ring (bicyclic) bond motifs is 3. The normalized spacial score (nSPS) is 28.7. The van der Waals surface area contributed by atoms with Gasteiger partial charge in [0.2, 0.25) is 0 Å². The van der Waals surface area contributed by atoms with Gasteiger partial charge in [-0.3, -0.25) is 0 Å². The molecular weight excluding hydrogens is 384 g/mol. The number of quaternary nitrogens is 1. The third-order valence-corrected chi connectivity index (χ3v) is 7.66. The van der Waals surface area contributed by atoms with Crippen LogP contribution in [0.2, 0.25) is 0 Å². The van der Waals surface area contributed by atoms with Crippen molar-refractivity contribution >= 4 is 27.4 Å². The van der Waals surface area contributed by atoms with Crippen molar-refractivity contribution in [3.05, 3.63) is 16.3 Å². The summed E-state index contributed by atoms with van der Waals surface area (Å²) in [6.07, 6.45) is 4.08. The Bertz CT molecular complexity index is 869. The smallest absolute Gasteiger partial charge is 0.187 e. The maximum absolute atomic E-state index is 6.01. The fourth-order valence-corrected chi connectivity index (χ4v) is 6.48. The van der Waals surface area contributed by atoms with E-state index in [0.29, 0.717) is 0 Å². The first-order valence-corrected chi connectivity index (χ1v) is 12.0. The van der Waals surface area contributed by atoms with Crippen molar-refractivity contribution < 1.29 is 14.4 Å². The van der Waals surface area contributed by atoms with Crippen molar-refractivity contribution in [2.75, 3.05) is 44.3 Å². The number of thiophene rings is 1. The van der Waals surface area contributed by atoms with Crippen molar-refractivity contribution in [2.45, 2.75) is 58.8 Å². The average Bonchev–Trinajstić information content (AvgIpc) is 3.04. The number of morpholine rings is 2. The zero-order valence-corrected chi connectivity index (χ0v) is 18.7. The molecule has 29 heavy (non-hydrogen) atoms. The molecule has 1 aliphatic carbocycles. The van der Waals surface area contributed by atoms with Crippen molar-refractivity contribution in [3.63, 3.8) is 0 Å². The monoisotopic (exact) mass is 417 g/mol. The van der Waals surface area contributed by atoms with Gasteiger partial charge in [0, 0.05) is 18.0 Å². The van der Waals surface area contributed by atoms with Gasteiger partial charge in [-0.2, -0.15) is 0 Å². The minimum atomic E-state index is 0.228. The molecule has 1 N–H and O–H groups in total. The molecule has 2 saturated heterocycles. The predicted molar refractivity (Wildman–Crippen MR) is 116 cm³/mol. The third kappa shape index (κ3) is 4.02. The summed E-state index contributed by atoms with van der Waals surface area (Å²) in [5.74, 6) is 2.92. The molecule has 0 saturated carbocycles. The Balaban J connectivity index is 1.57. The van der Waals surface area contributed by atoms with Gasteiger partial charge in [-0.1, -0.05) is 6.92 Å². The van der Waals surface area contributed by atoms with Crippen LogP contribution in [0, 0.1) is 5.92 Å². The lowest BCUT2D eigenvalue weighted by molar-refractivity contribution is -0.922. The van der Waals surface area contributed by atoms with Crippen molar-refractivity contribution in [2.24, 2.45) is 5.92 Å². The van der Waals surface area contributed by atoms with E-state index in [1.54, 1.807) is 4.88 Å². The number of hydrogen-bond acceptors (Lipinski definition) is 6. The fraction of sp³-hybridized carbons (Fsp3) is 0.727. The number of ether oxygens (including phenoxy) is 2. The Morgan fingerprint density at radius 2 is 1.86 bits per heavy atom. The number of aromatic nitrogens is 2. The van der Waals surface area contributed by atoms with Gasteiger partial charge >= 0.3 is 0 Å². The van der Waals surface area contributed by atoms with Crippen LogP contribution in [0.5, 0.6) is 0 Å². The quantitative estimate of drug-likeness (QED) is 0.826. The van der Waals surface area contributed by atoms with E-state index in [0.717, 1.165) is 69.9 Å². The van der Waals surface area contributed by atoms with E-state index in [4.69, 9.17) is 19.4 Å². The number of nitrogens with zero attached hydrogens (tertiary/aromatic N) is 3. The van der Waals surface area contributed by atoms with Crippen molar-refractivity contribution in [1.82, 2.24) is 9.97 Å². The molecule has 0 amide bonds. The zero-order chi connectivity index (χ0) is 20.0. The summed E-state index contributed by atoms with van der Waals surface area (Å²) < 4.78 is 11.5. The highest BCUT2D eigenvalue weighted by Gasteiger charge is 2.30. The van der Waals surface area contributed by atoms with Crippen LogP contribution in [-0.2, 0) is 28.9 Å². The van der Waals surface area contributed by atoms with E-state index in [2.05, 4.69) is 25.7 Å². The summed E-state index contributed by atoms with van der Waals surface area (Å²) >= 11 is 1.92. The molecule has 0 spiro atoms. The first-order chi connectivity index (χ1) is 14.1. The molecule has 6 nitrogen and oxygen atoms in total. The lowest BCUT2D eigenvalue weighted by atomic mass is 9.89. The molecule has 0 unspecified atom stereocenters. The summed E-state index contributed by atoms with van der Waals surface area (Å²) in [6.45, 7) is 13.2. The van der Waals surface area contributed by atoms with Gasteiger partial charge in [-0.15, -0.1) is 11.3 Å². The average molecular weight is 418 g/mol. The molecule has 3 aliphatic rings. The lowest BCUT2D eigenvalue weighted by Gasteiger charge is -2.36. The third-order valence-electron chi connectivity index (χ3n) is 6.51. The van der Waals surface area contributed by atoms with Crippen LogP contribution in [0.4, 0.5) is 5.82 Å². The Morgan fingerprint density at radius 1 is 1.10 bits per heavy atom. The van der Waals surface area contributed by atoms with E-state index >= 15 is 0 Å². The van der Waals surface area contributed by atoms with Gasteiger partial charge < -0.3 is 19.3 Å². The van der Waals surface area contributed by atoms with Gasteiger partial charge in [-0.05, 0) is 44.6 Å². The summed E-state index contributed by atoms with van der Waals surface area (Å²) in [5.41, 5.74) is 1.52. The topological polar surface area (TPSA) is 51.9 Å². The molecule has 2 aromatic rings. The van der Waals surface area contributed by atoms with E-state index in [1.165, 1.54) is 33.5 Å². The van der Waals surface area contributed by atoms with Gasteiger partial charge in [0.1, 0.15) is 30.3 Å². The van der Waals surface area contributed by atoms with E-state index in [-0.39, 0.29) is 12.2 Å². The van der Waals surface area contributed by atoms with Crippen LogP contribution in [-0.4, -0.2) is 61.6 Å². The summed E-state index contributed by atoms with van der Waals surface area (Å²) in [7, 11) is 0. The molecule has 158 valence electrons. The second-order valence-corrected chi connectivity index (χ2v) is 10.3. The van der Waals surface area contributed by atoms with Crippen LogP contribution in [0.1, 0.15) is 43.5 Å². The maximum atomic E-state index is 6.01. The Kier molecular flexibility index (Phi) is 5.49. The van der Waals surface area contributed by atoms with Crippen LogP contribution in [0.3, 0.4) is 0 Å². The summed E-state index contributed by atoms with van der Waals surface area (Å²) in [6, 6.07) is 0. The highest BCUT2D eigenvalue weighted by Crippen LogP contribution is 2.41. The molecule has 0 bridgehead atoms. The number of aryl methyl sites for hydroxylation is 1. The second kappa shape index (κ2) is 8.10. The number of hydrogen-bond donors (Lipinski definition) is 1. The molecular formula is C22H33N4O2S+. The Labute approximate surface area is 177 Å². The predicted octanol–water partition coefficient (Wildman–Crippen LogP) is 1.84. The molecule has 5 rings (SSSR count). The minimum Gasteiger partial charge on any atom is -0.372 e. The first kappa shape index (κ1) is 19.7. The van der Waals surface area contributed by atoms with Crippen LogP contribution in [0.15, 0.2) is 0 Å². The molecule has 0 aromatic carbocycles. The fourth-order valence-electron chi connectivity index (χ4n) is 5.09. The first-order valence-electron chi connectivity index (χ1n) is 11.2. The van der Waals surface area contributed by atoms with Crippen molar-refractivity contribution in [1.29, 1.82) is 0 Å². The van der Waals surface area contributed by atoms with Gasteiger partial charge in [0.15, 0.2) is 5.82 Å². The molecule has 2 aromatic heterocycles. The second-order valence-electron chi connectivity index (χ2n) is 9.20. The number of anilines is 1. The van der Waals surface area contributed by atoms with Crippen LogP contribution < -0.4 is 9.80 Å². The standard InChI is InChI=1S/C22H32N4O2S/c1-14-4-5-17-18(10-14)29-22-20(17)21(26-11-15(2)28-16(3)12-26)23-19(24-22)13-25-6-8-27-9-7-25/h14-16H,4-13H2,1-3H3/p+1/t14-,15-,16-/m1/s1. The Morgan fingerprint density at radius 3 is 2.62 bits per heavy atom. The maximum Gasteiger partial charge on any atom is 0.187 e.